The molecule has 1 saturated heterocycles. The molecule has 3 rings (SSSR count). The van der Waals surface area contributed by atoms with E-state index in [1.807, 2.05) is 36.4 Å². The summed E-state index contributed by atoms with van der Waals surface area (Å²) >= 11 is 0. The van der Waals surface area contributed by atoms with E-state index in [2.05, 4.69) is 26.6 Å². The molecule has 162 valence electrons. The summed E-state index contributed by atoms with van der Waals surface area (Å²) in [6, 6.07) is 14.3. The van der Waals surface area contributed by atoms with E-state index in [1.54, 1.807) is 28.4 Å². The van der Waals surface area contributed by atoms with E-state index >= 15 is 0 Å². The van der Waals surface area contributed by atoms with Crippen molar-refractivity contribution in [1.29, 1.82) is 0 Å². The van der Waals surface area contributed by atoms with Gasteiger partial charge in [-0.1, -0.05) is 12.1 Å². The maximum Gasteiger partial charge on any atom is 0.191 e. The number of hydrogen-bond donors (Lipinski definition) is 2. The van der Waals surface area contributed by atoms with E-state index in [1.165, 1.54) is 0 Å². The first-order chi connectivity index (χ1) is 14.7. The molecule has 0 spiro atoms. The molecule has 0 amide bonds. The number of nitrogens with zero attached hydrogens (tertiary/aromatic N) is 2. The molecule has 1 aliphatic rings. The zero-order valence-electron chi connectivity index (χ0n) is 18.3. The van der Waals surface area contributed by atoms with Gasteiger partial charge in [0.25, 0.3) is 0 Å². The highest BCUT2D eigenvalue weighted by molar-refractivity contribution is 5.80. The molecule has 0 aromatic heterocycles. The van der Waals surface area contributed by atoms with E-state index in [0.717, 1.165) is 66.9 Å². The molecular formula is C23H32N4O3. The molecule has 1 fully saturated rings. The van der Waals surface area contributed by atoms with Crippen LogP contribution in [0.5, 0.6) is 17.2 Å². The Balaban J connectivity index is 1.52. The second kappa shape index (κ2) is 10.6. The van der Waals surface area contributed by atoms with Crippen LogP contribution in [-0.2, 0) is 6.42 Å². The lowest BCUT2D eigenvalue weighted by Crippen LogP contribution is -2.45. The summed E-state index contributed by atoms with van der Waals surface area (Å²) in [6.07, 6.45) is 1.85. The molecule has 1 aliphatic heterocycles. The SMILES string of the molecule is CN=C(NCCc1cc(OC)ccc1OC)NC1CCN(c2ccccc2OC)C1. The fourth-order valence-corrected chi connectivity index (χ4v) is 3.77. The molecule has 2 aromatic rings. The first-order valence-corrected chi connectivity index (χ1v) is 10.2. The Labute approximate surface area is 179 Å². The lowest BCUT2D eigenvalue weighted by Gasteiger charge is -2.22. The highest BCUT2D eigenvalue weighted by Crippen LogP contribution is 2.30. The zero-order chi connectivity index (χ0) is 21.3. The van der Waals surface area contributed by atoms with Crippen molar-refractivity contribution in [1.82, 2.24) is 10.6 Å². The van der Waals surface area contributed by atoms with Crippen molar-refractivity contribution in [3.05, 3.63) is 48.0 Å². The Morgan fingerprint density at radius 2 is 1.87 bits per heavy atom. The van der Waals surface area contributed by atoms with Gasteiger partial charge in [-0.25, -0.2) is 0 Å². The van der Waals surface area contributed by atoms with Crippen LogP contribution in [0.25, 0.3) is 0 Å². The fourth-order valence-electron chi connectivity index (χ4n) is 3.77. The average molecular weight is 413 g/mol. The van der Waals surface area contributed by atoms with E-state index < -0.39 is 0 Å². The first-order valence-electron chi connectivity index (χ1n) is 10.2. The normalized spacial score (nSPS) is 16.3. The van der Waals surface area contributed by atoms with Crippen molar-refractivity contribution >= 4 is 11.6 Å². The van der Waals surface area contributed by atoms with E-state index in [-0.39, 0.29) is 0 Å². The molecule has 0 saturated carbocycles. The highest BCUT2D eigenvalue weighted by Gasteiger charge is 2.25. The number of rotatable bonds is 8. The highest BCUT2D eigenvalue weighted by atomic mass is 16.5. The molecule has 7 nitrogen and oxygen atoms in total. The van der Waals surface area contributed by atoms with Gasteiger partial charge in [0.15, 0.2) is 5.96 Å². The molecule has 7 heteroatoms. The van der Waals surface area contributed by atoms with Gasteiger partial charge >= 0.3 is 0 Å². The maximum atomic E-state index is 5.51. The molecule has 0 bridgehead atoms. The predicted octanol–water partition coefficient (Wildman–Crippen LogP) is 2.70. The Morgan fingerprint density at radius 1 is 1.07 bits per heavy atom. The van der Waals surface area contributed by atoms with Crippen LogP contribution in [0, 0.1) is 0 Å². The summed E-state index contributed by atoms with van der Waals surface area (Å²) in [7, 11) is 6.88. The molecule has 2 aromatic carbocycles. The average Bonchev–Trinajstić information content (AvgIpc) is 3.26. The third-order valence-corrected chi connectivity index (χ3v) is 5.35. The van der Waals surface area contributed by atoms with Gasteiger partial charge in [-0.3, -0.25) is 4.99 Å². The Hall–Kier alpha value is -3.09. The summed E-state index contributed by atoms with van der Waals surface area (Å²) in [5.74, 6) is 3.41. The van der Waals surface area contributed by atoms with Crippen LogP contribution in [-0.4, -0.2) is 60.0 Å². The van der Waals surface area contributed by atoms with Gasteiger partial charge < -0.3 is 29.7 Å². The maximum absolute atomic E-state index is 5.51. The molecule has 0 aliphatic carbocycles. The van der Waals surface area contributed by atoms with Crippen LogP contribution >= 0.6 is 0 Å². The van der Waals surface area contributed by atoms with Gasteiger partial charge in [-0.15, -0.1) is 0 Å². The van der Waals surface area contributed by atoms with E-state index in [4.69, 9.17) is 14.2 Å². The summed E-state index contributed by atoms with van der Waals surface area (Å²) in [5.41, 5.74) is 2.24. The molecule has 2 N–H and O–H groups in total. The monoisotopic (exact) mass is 412 g/mol. The van der Waals surface area contributed by atoms with Crippen molar-refractivity contribution in [3.8, 4) is 17.2 Å². The quantitative estimate of drug-likeness (QED) is 0.513. The Bertz CT molecular complexity index is 856. The molecule has 0 radical (unpaired) electrons. The Morgan fingerprint density at radius 3 is 2.60 bits per heavy atom. The van der Waals surface area contributed by atoms with Crippen molar-refractivity contribution in [2.24, 2.45) is 4.99 Å². The predicted molar refractivity (Wildman–Crippen MR) is 121 cm³/mol. The lowest BCUT2D eigenvalue weighted by atomic mass is 10.1. The number of benzene rings is 2. The summed E-state index contributed by atoms with van der Waals surface area (Å²) in [4.78, 5) is 6.74. The third kappa shape index (κ3) is 5.28. The zero-order valence-corrected chi connectivity index (χ0v) is 18.3. The van der Waals surface area contributed by atoms with E-state index in [0.29, 0.717) is 6.04 Å². The smallest absolute Gasteiger partial charge is 0.191 e. The molecular weight excluding hydrogens is 380 g/mol. The van der Waals surface area contributed by atoms with Gasteiger partial charge in [0.1, 0.15) is 17.2 Å². The van der Waals surface area contributed by atoms with Gasteiger partial charge in [-0.05, 0) is 48.7 Å². The molecule has 30 heavy (non-hydrogen) atoms. The van der Waals surface area contributed by atoms with Crippen molar-refractivity contribution < 1.29 is 14.2 Å². The lowest BCUT2D eigenvalue weighted by molar-refractivity contribution is 0.398. The van der Waals surface area contributed by atoms with Crippen molar-refractivity contribution in [2.75, 3.05) is 52.9 Å². The summed E-state index contributed by atoms with van der Waals surface area (Å²) in [5, 5.41) is 6.95. The van der Waals surface area contributed by atoms with Crippen molar-refractivity contribution in [3.63, 3.8) is 0 Å². The van der Waals surface area contributed by atoms with Gasteiger partial charge in [-0.2, -0.15) is 0 Å². The van der Waals surface area contributed by atoms with Gasteiger partial charge in [0, 0.05) is 32.7 Å². The number of nitrogens with one attached hydrogen (secondary N) is 2. The van der Waals surface area contributed by atoms with E-state index in [9.17, 15) is 0 Å². The number of guanidine groups is 1. The van der Waals surface area contributed by atoms with Crippen LogP contribution in [0.2, 0.25) is 0 Å². The largest absolute Gasteiger partial charge is 0.497 e. The minimum atomic E-state index is 0.326. The Kier molecular flexibility index (Phi) is 7.65. The fraction of sp³-hybridized carbons (Fsp3) is 0.435. The molecule has 1 unspecified atom stereocenters. The van der Waals surface area contributed by atoms with Crippen LogP contribution in [0.4, 0.5) is 5.69 Å². The third-order valence-electron chi connectivity index (χ3n) is 5.35. The number of methoxy groups -OCH3 is 3. The topological polar surface area (TPSA) is 67.4 Å². The van der Waals surface area contributed by atoms with Crippen LogP contribution < -0.4 is 29.7 Å². The van der Waals surface area contributed by atoms with Gasteiger partial charge in [0.2, 0.25) is 0 Å². The first kappa shape index (κ1) is 21.6. The molecule has 1 heterocycles. The summed E-state index contributed by atoms with van der Waals surface area (Å²) < 4.78 is 16.3. The number of para-hydroxylation sites is 2. The minimum absolute atomic E-state index is 0.326. The second-order valence-corrected chi connectivity index (χ2v) is 7.17. The van der Waals surface area contributed by atoms with Crippen molar-refractivity contribution in [2.45, 2.75) is 18.9 Å². The minimum Gasteiger partial charge on any atom is -0.497 e. The molecule has 1 atom stereocenters. The van der Waals surface area contributed by atoms with Crippen LogP contribution in [0.15, 0.2) is 47.5 Å². The van der Waals surface area contributed by atoms with Gasteiger partial charge in [0.05, 0.1) is 27.0 Å². The number of aliphatic imine (C=N–C) groups is 1. The number of anilines is 1. The van der Waals surface area contributed by atoms with Crippen LogP contribution in [0.1, 0.15) is 12.0 Å². The number of hydrogen-bond acceptors (Lipinski definition) is 5. The van der Waals surface area contributed by atoms with Crippen LogP contribution in [0.3, 0.4) is 0 Å². The second-order valence-electron chi connectivity index (χ2n) is 7.17. The standard InChI is InChI=1S/C23H32N4O3/c1-24-23(25-13-11-17-15-19(28-2)9-10-21(17)29-3)26-18-12-14-27(16-18)20-7-5-6-8-22(20)30-4/h5-10,15,18H,11-14,16H2,1-4H3,(H2,24,25,26). The number of ether oxygens (including phenoxy) is 3. The summed E-state index contributed by atoms with van der Waals surface area (Å²) in [6.45, 7) is 2.63.